The van der Waals surface area contributed by atoms with Gasteiger partial charge in [0.25, 0.3) is 0 Å². The van der Waals surface area contributed by atoms with Crippen LogP contribution in [0.1, 0.15) is 31.3 Å². The number of aromatic amines is 1. The highest BCUT2D eigenvalue weighted by molar-refractivity contribution is 5.74. The number of aromatic nitrogens is 2. The number of benzene rings is 2. The van der Waals surface area contributed by atoms with E-state index in [1.165, 1.54) is 5.56 Å². The highest BCUT2D eigenvalue weighted by Gasteiger charge is 2.12. The second-order valence-corrected chi connectivity index (χ2v) is 4.90. The normalized spacial score (nSPS) is 12.5. The summed E-state index contributed by atoms with van der Waals surface area (Å²) in [7, 11) is 0. The Morgan fingerprint density at radius 2 is 1.85 bits per heavy atom. The zero-order valence-electron chi connectivity index (χ0n) is 11.8. The van der Waals surface area contributed by atoms with Crippen LogP contribution in [0.4, 0.5) is 0 Å². The lowest BCUT2D eigenvalue weighted by Crippen LogP contribution is -2.05. The Morgan fingerprint density at radius 3 is 2.55 bits per heavy atom. The number of ether oxygens (including phenoxy) is 1. The predicted octanol–water partition coefficient (Wildman–Crippen LogP) is 4.27. The maximum Gasteiger partial charge on any atom is 0.153 e. The van der Waals surface area contributed by atoms with Gasteiger partial charge in [0.15, 0.2) is 6.10 Å². The molecule has 3 rings (SSSR count). The van der Waals surface area contributed by atoms with Gasteiger partial charge < -0.3 is 9.72 Å². The fourth-order valence-corrected chi connectivity index (χ4v) is 2.23. The number of nitrogens with one attached hydrogen (secondary N) is 1. The van der Waals surface area contributed by atoms with Gasteiger partial charge in [-0.1, -0.05) is 31.2 Å². The van der Waals surface area contributed by atoms with Crippen molar-refractivity contribution in [1.29, 1.82) is 0 Å². The summed E-state index contributed by atoms with van der Waals surface area (Å²) >= 11 is 0. The van der Waals surface area contributed by atoms with Crippen LogP contribution >= 0.6 is 0 Å². The van der Waals surface area contributed by atoms with E-state index in [4.69, 9.17) is 4.74 Å². The molecule has 1 unspecified atom stereocenters. The van der Waals surface area contributed by atoms with Gasteiger partial charge in [0, 0.05) is 0 Å². The van der Waals surface area contributed by atoms with E-state index in [0.717, 1.165) is 29.0 Å². The molecule has 0 aliphatic heterocycles. The summed E-state index contributed by atoms with van der Waals surface area (Å²) in [4.78, 5) is 7.86. The molecule has 0 saturated carbocycles. The fraction of sp³-hybridized carbons (Fsp3) is 0.235. The Bertz CT molecular complexity index is 667. The van der Waals surface area contributed by atoms with Crippen LogP contribution in [0.3, 0.4) is 0 Å². The average molecular weight is 266 g/mol. The summed E-state index contributed by atoms with van der Waals surface area (Å²) in [6.45, 7) is 4.15. The number of H-pyrrole nitrogens is 1. The second-order valence-electron chi connectivity index (χ2n) is 4.90. The van der Waals surface area contributed by atoms with Crippen molar-refractivity contribution >= 4 is 11.0 Å². The van der Waals surface area contributed by atoms with E-state index in [-0.39, 0.29) is 6.10 Å². The topological polar surface area (TPSA) is 37.9 Å². The molecule has 102 valence electrons. The Kier molecular flexibility index (Phi) is 3.42. The van der Waals surface area contributed by atoms with Gasteiger partial charge in [-0.2, -0.15) is 0 Å². The van der Waals surface area contributed by atoms with E-state index >= 15 is 0 Å². The van der Waals surface area contributed by atoms with E-state index < -0.39 is 0 Å². The van der Waals surface area contributed by atoms with Crippen LogP contribution in [-0.4, -0.2) is 9.97 Å². The maximum absolute atomic E-state index is 5.94. The number of nitrogens with zero attached hydrogens (tertiary/aromatic N) is 1. The van der Waals surface area contributed by atoms with Crippen molar-refractivity contribution < 1.29 is 4.74 Å². The molecule has 1 heterocycles. The quantitative estimate of drug-likeness (QED) is 0.766. The second kappa shape index (κ2) is 5.37. The van der Waals surface area contributed by atoms with Gasteiger partial charge in [-0.3, -0.25) is 0 Å². The Balaban J connectivity index is 1.79. The molecule has 0 bridgehead atoms. The standard InChI is InChI=1S/C17H18N2O/c1-3-13-8-10-14(11-9-13)20-12(2)17-18-15-6-4-5-7-16(15)19-17/h4-12H,3H2,1-2H3,(H,18,19). The first kappa shape index (κ1) is 12.7. The van der Waals surface area contributed by atoms with Crippen LogP contribution in [0.5, 0.6) is 5.75 Å². The lowest BCUT2D eigenvalue weighted by molar-refractivity contribution is 0.218. The largest absolute Gasteiger partial charge is 0.483 e. The summed E-state index contributed by atoms with van der Waals surface area (Å²) in [6.07, 6.45) is 0.939. The van der Waals surface area contributed by atoms with Crippen LogP contribution in [0, 0.1) is 0 Å². The van der Waals surface area contributed by atoms with E-state index in [1.54, 1.807) is 0 Å². The van der Waals surface area contributed by atoms with E-state index in [9.17, 15) is 0 Å². The van der Waals surface area contributed by atoms with E-state index in [1.807, 2.05) is 43.3 Å². The molecular weight excluding hydrogens is 248 g/mol. The molecule has 3 nitrogen and oxygen atoms in total. The highest BCUT2D eigenvalue weighted by atomic mass is 16.5. The van der Waals surface area contributed by atoms with Gasteiger partial charge in [-0.15, -0.1) is 0 Å². The van der Waals surface area contributed by atoms with E-state index in [2.05, 4.69) is 29.0 Å². The number of hydrogen-bond acceptors (Lipinski definition) is 2. The molecule has 0 fully saturated rings. The summed E-state index contributed by atoms with van der Waals surface area (Å²) < 4.78 is 5.94. The molecular formula is C17H18N2O. The molecule has 1 N–H and O–H groups in total. The van der Waals surface area contributed by atoms with Gasteiger partial charge in [-0.25, -0.2) is 4.98 Å². The van der Waals surface area contributed by atoms with Crippen LogP contribution in [0.15, 0.2) is 48.5 Å². The number of imidazole rings is 1. The zero-order chi connectivity index (χ0) is 13.9. The third-order valence-corrected chi connectivity index (χ3v) is 3.44. The van der Waals surface area contributed by atoms with Crippen molar-refractivity contribution in [1.82, 2.24) is 9.97 Å². The Labute approximate surface area is 118 Å². The van der Waals surface area contributed by atoms with Crippen LogP contribution in [-0.2, 0) is 6.42 Å². The van der Waals surface area contributed by atoms with Crippen LogP contribution in [0.2, 0.25) is 0 Å². The SMILES string of the molecule is CCc1ccc(OC(C)c2nc3ccccc3[nH]2)cc1. The monoisotopic (exact) mass is 266 g/mol. The van der Waals surface area contributed by atoms with Crippen LogP contribution < -0.4 is 4.74 Å². The maximum atomic E-state index is 5.94. The van der Waals surface area contributed by atoms with Gasteiger partial charge in [0.2, 0.25) is 0 Å². The molecule has 0 saturated heterocycles. The van der Waals surface area contributed by atoms with Gasteiger partial charge in [0.05, 0.1) is 11.0 Å². The molecule has 1 atom stereocenters. The summed E-state index contributed by atoms with van der Waals surface area (Å²) in [6, 6.07) is 16.2. The van der Waals surface area contributed by atoms with Gasteiger partial charge in [0.1, 0.15) is 11.6 Å². The van der Waals surface area contributed by atoms with Crippen molar-refractivity contribution in [3.8, 4) is 5.75 Å². The van der Waals surface area contributed by atoms with Crippen molar-refractivity contribution in [3.05, 3.63) is 59.9 Å². The third kappa shape index (κ3) is 2.52. The van der Waals surface area contributed by atoms with Crippen molar-refractivity contribution in [3.63, 3.8) is 0 Å². The molecule has 0 spiro atoms. The third-order valence-electron chi connectivity index (χ3n) is 3.44. The van der Waals surface area contributed by atoms with Crippen molar-refractivity contribution in [2.24, 2.45) is 0 Å². The number of rotatable bonds is 4. The summed E-state index contributed by atoms with van der Waals surface area (Å²) in [5.74, 6) is 1.72. The molecule has 2 aromatic carbocycles. The molecule has 0 amide bonds. The smallest absolute Gasteiger partial charge is 0.153 e. The molecule has 3 aromatic rings. The Morgan fingerprint density at radius 1 is 1.10 bits per heavy atom. The van der Waals surface area contributed by atoms with Gasteiger partial charge >= 0.3 is 0 Å². The van der Waals surface area contributed by atoms with Crippen molar-refractivity contribution in [2.45, 2.75) is 26.4 Å². The van der Waals surface area contributed by atoms with Gasteiger partial charge in [-0.05, 0) is 43.2 Å². The first-order chi connectivity index (χ1) is 9.76. The molecule has 0 aliphatic carbocycles. The lowest BCUT2D eigenvalue weighted by Gasteiger charge is -2.12. The van der Waals surface area contributed by atoms with E-state index in [0.29, 0.717) is 0 Å². The summed E-state index contributed by atoms with van der Waals surface area (Å²) in [5, 5.41) is 0. The molecule has 3 heteroatoms. The predicted molar refractivity (Wildman–Crippen MR) is 81.0 cm³/mol. The lowest BCUT2D eigenvalue weighted by atomic mass is 10.2. The number of fused-ring (bicyclic) bond motifs is 1. The minimum atomic E-state index is -0.102. The van der Waals surface area contributed by atoms with Crippen LogP contribution in [0.25, 0.3) is 11.0 Å². The van der Waals surface area contributed by atoms with Crippen molar-refractivity contribution in [2.75, 3.05) is 0 Å². The first-order valence-corrected chi connectivity index (χ1v) is 6.96. The average Bonchev–Trinajstić information content (AvgIpc) is 2.92. The number of aryl methyl sites for hydroxylation is 1. The summed E-state index contributed by atoms with van der Waals surface area (Å²) in [5.41, 5.74) is 3.33. The molecule has 0 radical (unpaired) electrons. The molecule has 1 aromatic heterocycles. The number of hydrogen-bond donors (Lipinski definition) is 1. The molecule has 0 aliphatic rings. The highest BCUT2D eigenvalue weighted by Crippen LogP contribution is 2.22. The zero-order valence-corrected chi connectivity index (χ0v) is 11.8. The minimum Gasteiger partial charge on any atom is -0.483 e. The number of para-hydroxylation sites is 2. The minimum absolute atomic E-state index is 0.102. The first-order valence-electron chi connectivity index (χ1n) is 6.96. The molecule has 20 heavy (non-hydrogen) atoms. The Hall–Kier alpha value is -2.29. The fourth-order valence-electron chi connectivity index (χ4n) is 2.23.